The van der Waals surface area contributed by atoms with E-state index in [9.17, 15) is 4.79 Å². The van der Waals surface area contributed by atoms with Gasteiger partial charge in [-0.25, -0.2) is 4.98 Å². The minimum atomic E-state index is 0. The van der Waals surface area contributed by atoms with Gasteiger partial charge in [-0.05, 0) is 57.0 Å². The SMILES string of the molecule is CCn1c(-c2nc3cc(C(=O)N4CCC[C@@H](N)[C@H]4C)ccc3n2C)cc2ccccc21.Cl. The van der Waals surface area contributed by atoms with Gasteiger partial charge >= 0.3 is 0 Å². The van der Waals surface area contributed by atoms with Crippen LogP contribution in [0.15, 0.2) is 48.5 Å². The lowest BCUT2D eigenvalue weighted by Crippen LogP contribution is -2.52. The summed E-state index contributed by atoms with van der Waals surface area (Å²) in [5.74, 6) is 0.949. The number of para-hydroxylation sites is 1. The highest BCUT2D eigenvalue weighted by Gasteiger charge is 2.29. The smallest absolute Gasteiger partial charge is 0.254 e. The molecular weight excluding hydrogens is 422 g/mol. The van der Waals surface area contributed by atoms with Gasteiger partial charge in [0.1, 0.15) is 0 Å². The number of benzene rings is 2. The lowest BCUT2D eigenvalue weighted by Gasteiger charge is -2.37. The summed E-state index contributed by atoms with van der Waals surface area (Å²) < 4.78 is 4.41. The number of nitrogens with two attached hydrogens (primary N) is 1. The molecule has 0 aliphatic carbocycles. The van der Waals surface area contributed by atoms with Gasteiger partial charge in [-0.1, -0.05) is 18.2 Å². The number of carbonyl (C=O) groups excluding carboxylic acids is 1. The van der Waals surface area contributed by atoms with Gasteiger partial charge in [0.25, 0.3) is 5.91 Å². The van der Waals surface area contributed by atoms with E-state index in [-0.39, 0.29) is 30.4 Å². The molecule has 0 spiro atoms. The molecule has 2 atom stereocenters. The lowest BCUT2D eigenvalue weighted by molar-refractivity contribution is 0.0605. The molecule has 2 N–H and O–H groups in total. The van der Waals surface area contributed by atoms with Crippen LogP contribution in [0.4, 0.5) is 0 Å². The molecule has 0 radical (unpaired) electrons. The second-order valence-corrected chi connectivity index (χ2v) is 8.58. The third-order valence-electron chi connectivity index (χ3n) is 6.79. The Morgan fingerprint density at radius 1 is 1.16 bits per heavy atom. The third-order valence-corrected chi connectivity index (χ3v) is 6.79. The first kappa shape index (κ1) is 22.4. The normalized spacial score (nSPS) is 18.8. The van der Waals surface area contributed by atoms with E-state index in [1.165, 1.54) is 10.9 Å². The Labute approximate surface area is 194 Å². The number of hydrogen-bond donors (Lipinski definition) is 1. The Morgan fingerprint density at radius 2 is 1.94 bits per heavy atom. The zero-order valence-electron chi connectivity index (χ0n) is 18.8. The van der Waals surface area contributed by atoms with E-state index in [1.54, 1.807) is 0 Å². The molecule has 2 aromatic carbocycles. The number of fused-ring (bicyclic) bond motifs is 2. The van der Waals surface area contributed by atoms with E-state index in [0.29, 0.717) is 5.56 Å². The Hall–Kier alpha value is -2.83. The first-order valence-electron chi connectivity index (χ1n) is 11.1. The Kier molecular flexibility index (Phi) is 6.01. The molecule has 1 amide bonds. The molecule has 168 valence electrons. The molecule has 0 bridgehead atoms. The fourth-order valence-electron chi connectivity index (χ4n) is 4.92. The van der Waals surface area contributed by atoms with Gasteiger partial charge < -0.3 is 19.8 Å². The first-order chi connectivity index (χ1) is 15.0. The largest absolute Gasteiger partial charge is 0.338 e. The molecule has 1 aliphatic heterocycles. The Morgan fingerprint density at radius 3 is 2.72 bits per heavy atom. The molecule has 1 aliphatic rings. The molecule has 1 saturated heterocycles. The number of likely N-dealkylation sites (tertiary alicyclic amines) is 1. The van der Waals surface area contributed by atoms with Gasteiger partial charge in [0.05, 0.1) is 16.7 Å². The fraction of sp³-hybridized carbons (Fsp3) is 0.360. The van der Waals surface area contributed by atoms with Crippen molar-refractivity contribution in [2.75, 3.05) is 6.54 Å². The summed E-state index contributed by atoms with van der Waals surface area (Å²) in [6, 6.07) is 16.5. The standard InChI is InChI=1S/C25H29N5O.ClH/c1-4-29-21-10-6-5-8-17(21)15-23(29)24-27-20-14-18(11-12-22(20)28(24)3)25(31)30-13-7-9-19(26)16(30)2;/h5-6,8,10-12,14-16,19H,4,7,9,13,26H2,1-3H3;1H/t16-,19-;/m1./s1. The summed E-state index contributed by atoms with van der Waals surface area (Å²) in [5, 5.41) is 1.21. The van der Waals surface area contributed by atoms with E-state index < -0.39 is 0 Å². The van der Waals surface area contributed by atoms with Crippen LogP contribution in [-0.2, 0) is 13.6 Å². The molecule has 2 aromatic heterocycles. The van der Waals surface area contributed by atoms with Crippen molar-refractivity contribution in [1.82, 2.24) is 19.0 Å². The van der Waals surface area contributed by atoms with Crippen molar-refractivity contribution >= 4 is 40.3 Å². The Bertz CT molecular complexity index is 1290. The zero-order valence-corrected chi connectivity index (χ0v) is 19.6. The fourth-order valence-corrected chi connectivity index (χ4v) is 4.92. The molecule has 5 rings (SSSR count). The second kappa shape index (κ2) is 8.60. The Balaban J connectivity index is 0.00000245. The van der Waals surface area contributed by atoms with E-state index in [4.69, 9.17) is 10.7 Å². The number of amides is 1. The average Bonchev–Trinajstić information content (AvgIpc) is 3.32. The zero-order chi connectivity index (χ0) is 21.7. The number of imidazole rings is 1. The van der Waals surface area contributed by atoms with Crippen LogP contribution >= 0.6 is 12.4 Å². The van der Waals surface area contributed by atoms with E-state index >= 15 is 0 Å². The summed E-state index contributed by atoms with van der Waals surface area (Å²) in [6.45, 7) is 5.82. The van der Waals surface area contributed by atoms with Crippen molar-refractivity contribution in [3.8, 4) is 11.5 Å². The highest BCUT2D eigenvalue weighted by atomic mass is 35.5. The minimum Gasteiger partial charge on any atom is -0.338 e. The number of aryl methyl sites for hydroxylation is 2. The van der Waals surface area contributed by atoms with Crippen LogP contribution in [0.3, 0.4) is 0 Å². The number of aromatic nitrogens is 3. The number of carbonyl (C=O) groups is 1. The van der Waals surface area contributed by atoms with Crippen molar-refractivity contribution in [2.45, 2.75) is 45.3 Å². The highest BCUT2D eigenvalue weighted by molar-refractivity contribution is 5.98. The molecule has 0 saturated carbocycles. The van der Waals surface area contributed by atoms with E-state index in [0.717, 1.165) is 48.5 Å². The number of hydrogen-bond acceptors (Lipinski definition) is 3. The molecule has 3 heterocycles. The average molecular weight is 452 g/mol. The number of halogens is 1. The third kappa shape index (κ3) is 3.48. The lowest BCUT2D eigenvalue weighted by atomic mass is 9.97. The molecule has 0 unspecified atom stereocenters. The van der Waals surface area contributed by atoms with Gasteiger partial charge in [0.15, 0.2) is 5.82 Å². The van der Waals surface area contributed by atoms with Gasteiger partial charge in [0, 0.05) is 48.7 Å². The summed E-state index contributed by atoms with van der Waals surface area (Å²) in [7, 11) is 2.04. The number of nitrogens with zero attached hydrogens (tertiary/aromatic N) is 4. The number of piperidine rings is 1. The van der Waals surface area contributed by atoms with Crippen LogP contribution < -0.4 is 5.73 Å². The summed E-state index contributed by atoms with van der Waals surface area (Å²) in [4.78, 5) is 20.1. The molecular formula is C25H30ClN5O. The topological polar surface area (TPSA) is 69.1 Å². The molecule has 6 nitrogen and oxygen atoms in total. The maximum atomic E-state index is 13.2. The van der Waals surface area contributed by atoms with Crippen LogP contribution in [0.1, 0.15) is 37.0 Å². The minimum absolute atomic E-state index is 0. The summed E-state index contributed by atoms with van der Waals surface area (Å²) in [5.41, 5.74) is 11.0. The predicted molar refractivity (Wildman–Crippen MR) is 132 cm³/mol. The summed E-state index contributed by atoms with van der Waals surface area (Å²) in [6.07, 6.45) is 1.92. The quantitative estimate of drug-likeness (QED) is 0.495. The number of rotatable bonds is 3. The van der Waals surface area contributed by atoms with Crippen molar-refractivity contribution < 1.29 is 4.79 Å². The van der Waals surface area contributed by atoms with Crippen LogP contribution in [0, 0.1) is 0 Å². The van der Waals surface area contributed by atoms with Crippen molar-refractivity contribution in [3.05, 3.63) is 54.1 Å². The van der Waals surface area contributed by atoms with Crippen LogP contribution in [0.2, 0.25) is 0 Å². The maximum Gasteiger partial charge on any atom is 0.254 e. The molecule has 4 aromatic rings. The monoisotopic (exact) mass is 451 g/mol. The second-order valence-electron chi connectivity index (χ2n) is 8.58. The first-order valence-corrected chi connectivity index (χ1v) is 11.1. The van der Waals surface area contributed by atoms with Crippen LogP contribution in [0.5, 0.6) is 0 Å². The van der Waals surface area contributed by atoms with Gasteiger partial charge in [-0.3, -0.25) is 4.79 Å². The molecule has 1 fully saturated rings. The predicted octanol–water partition coefficient (Wildman–Crippen LogP) is 4.59. The molecule has 7 heteroatoms. The summed E-state index contributed by atoms with van der Waals surface area (Å²) >= 11 is 0. The van der Waals surface area contributed by atoms with E-state index in [2.05, 4.69) is 46.4 Å². The van der Waals surface area contributed by atoms with Crippen molar-refractivity contribution in [1.29, 1.82) is 0 Å². The van der Waals surface area contributed by atoms with E-state index in [1.807, 2.05) is 37.1 Å². The van der Waals surface area contributed by atoms with Gasteiger partial charge in [-0.2, -0.15) is 0 Å². The van der Waals surface area contributed by atoms with Crippen LogP contribution in [-0.4, -0.2) is 43.6 Å². The van der Waals surface area contributed by atoms with Crippen LogP contribution in [0.25, 0.3) is 33.5 Å². The highest BCUT2D eigenvalue weighted by Crippen LogP contribution is 2.30. The van der Waals surface area contributed by atoms with Crippen molar-refractivity contribution in [3.63, 3.8) is 0 Å². The maximum absolute atomic E-state index is 13.2. The molecule has 32 heavy (non-hydrogen) atoms. The van der Waals surface area contributed by atoms with Gasteiger partial charge in [0.2, 0.25) is 0 Å². The van der Waals surface area contributed by atoms with Crippen molar-refractivity contribution in [2.24, 2.45) is 12.8 Å². The van der Waals surface area contributed by atoms with Gasteiger partial charge in [-0.15, -0.1) is 12.4 Å².